The van der Waals surface area contributed by atoms with Crippen LogP contribution in [-0.4, -0.2) is 23.2 Å². The Balaban J connectivity index is 2.17. The van der Waals surface area contributed by atoms with Crippen LogP contribution in [0, 0.1) is 0 Å². The Bertz CT molecular complexity index is 377. The highest BCUT2D eigenvalue weighted by Crippen LogP contribution is 2.32. The van der Waals surface area contributed by atoms with Crippen LogP contribution < -0.4 is 5.32 Å². The number of benzene rings is 1. The first-order valence-corrected chi connectivity index (χ1v) is 5.65. The van der Waals surface area contributed by atoms with Crippen LogP contribution in [0.4, 0.5) is 0 Å². The summed E-state index contributed by atoms with van der Waals surface area (Å²) in [5.74, 6) is -0.406. The first-order chi connectivity index (χ1) is 7.62. The van der Waals surface area contributed by atoms with E-state index in [9.17, 15) is 9.90 Å². The van der Waals surface area contributed by atoms with Crippen LogP contribution in [0.2, 0.25) is 0 Å². The molecular formula is C13H17NO2. The summed E-state index contributed by atoms with van der Waals surface area (Å²) in [5, 5.41) is 12.3. The smallest absolute Gasteiger partial charge is 0.323 e. The van der Waals surface area contributed by atoms with Gasteiger partial charge in [0.25, 0.3) is 0 Å². The average molecular weight is 219 g/mol. The Labute approximate surface area is 95.5 Å². The maximum absolute atomic E-state index is 11.2. The molecule has 0 saturated carbocycles. The summed E-state index contributed by atoms with van der Waals surface area (Å²) in [6.07, 6.45) is 1.67. The molecule has 0 aliphatic carbocycles. The fourth-order valence-electron chi connectivity index (χ4n) is 2.36. The van der Waals surface area contributed by atoms with Crippen molar-refractivity contribution in [1.82, 2.24) is 5.32 Å². The Hall–Kier alpha value is -1.35. The molecule has 0 radical (unpaired) electrons. The van der Waals surface area contributed by atoms with E-state index < -0.39 is 11.5 Å². The number of hydrogen-bond donors (Lipinski definition) is 2. The predicted octanol–water partition coefficient (Wildman–Crippen LogP) is 2.00. The zero-order chi connectivity index (χ0) is 11.6. The molecule has 16 heavy (non-hydrogen) atoms. The molecule has 1 aliphatic heterocycles. The van der Waals surface area contributed by atoms with Gasteiger partial charge in [0.2, 0.25) is 0 Å². The zero-order valence-corrected chi connectivity index (χ0v) is 9.44. The minimum atomic E-state index is -0.779. The summed E-state index contributed by atoms with van der Waals surface area (Å²) in [6, 6.07) is 10.2. The van der Waals surface area contributed by atoms with E-state index in [1.54, 1.807) is 6.92 Å². The second kappa shape index (κ2) is 4.26. The van der Waals surface area contributed by atoms with E-state index in [1.165, 1.54) is 5.56 Å². The SMILES string of the molecule is CC1(C(=O)O)CC(c2ccccc2)CCN1. The van der Waals surface area contributed by atoms with Gasteiger partial charge in [-0.3, -0.25) is 4.79 Å². The Morgan fingerprint density at radius 1 is 1.44 bits per heavy atom. The third kappa shape index (κ3) is 2.09. The second-order valence-corrected chi connectivity index (χ2v) is 4.66. The van der Waals surface area contributed by atoms with Crippen molar-refractivity contribution in [3.63, 3.8) is 0 Å². The van der Waals surface area contributed by atoms with Crippen molar-refractivity contribution >= 4 is 5.97 Å². The molecule has 2 rings (SSSR count). The fraction of sp³-hybridized carbons (Fsp3) is 0.462. The molecule has 0 bridgehead atoms. The highest BCUT2D eigenvalue weighted by Gasteiger charge is 2.38. The van der Waals surface area contributed by atoms with Crippen LogP contribution in [-0.2, 0) is 4.79 Å². The zero-order valence-electron chi connectivity index (χ0n) is 9.44. The van der Waals surface area contributed by atoms with Crippen molar-refractivity contribution in [1.29, 1.82) is 0 Å². The van der Waals surface area contributed by atoms with Gasteiger partial charge in [-0.25, -0.2) is 0 Å². The number of hydrogen-bond acceptors (Lipinski definition) is 2. The van der Waals surface area contributed by atoms with E-state index in [2.05, 4.69) is 17.4 Å². The first-order valence-electron chi connectivity index (χ1n) is 5.65. The van der Waals surface area contributed by atoms with Gasteiger partial charge in [-0.1, -0.05) is 30.3 Å². The monoisotopic (exact) mass is 219 g/mol. The first kappa shape index (κ1) is 11.1. The Morgan fingerprint density at radius 3 is 2.75 bits per heavy atom. The highest BCUT2D eigenvalue weighted by molar-refractivity contribution is 5.78. The normalized spacial score (nSPS) is 29.9. The van der Waals surface area contributed by atoms with Gasteiger partial charge in [-0.2, -0.15) is 0 Å². The molecule has 0 amide bonds. The number of piperidine rings is 1. The summed E-state index contributed by atoms with van der Waals surface area (Å²) >= 11 is 0. The summed E-state index contributed by atoms with van der Waals surface area (Å²) in [5.41, 5.74) is 0.468. The lowest BCUT2D eigenvalue weighted by Crippen LogP contribution is -2.53. The minimum Gasteiger partial charge on any atom is -0.480 e. The summed E-state index contributed by atoms with van der Waals surface area (Å²) < 4.78 is 0. The number of rotatable bonds is 2. The summed E-state index contributed by atoms with van der Waals surface area (Å²) in [4.78, 5) is 11.2. The van der Waals surface area contributed by atoms with Gasteiger partial charge in [0.15, 0.2) is 0 Å². The number of aliphatic carboxylic acids is 1. The van der Waals surface area contributed by atoms with Crippen LogP contribution in [0.5, 0.6) is 0 Å². The van der Waals surface area contributed by atoms with Crippen LogP contribution >= 0.6 is 0 Å². The van der Waals surface area contributed by atoms with Gasteiger partial charge in [0.1, 0.15) is 5.54 Å². The van der Waals surface area contributed by atoms with E-state index >= 15 is 0 Å². The van der Waals surface area contributed by atoms with Crippen molar-refractivity contribution in [3.8, 4) is 0 Å². The molecule has 1 heterocycles. The van der Waals surface area contributed by atoms with Crippen LogP contribution in [0.3, 0.4) is 0 Å². The number of carbonyl (C=O) groups is 1. The van der Waals surface area contributed by atoms with Gasteiger partial charge in [0, 0.05) is 0 Å². The molecule has 1 aromatic carbocycles. The van der Waals surface area contributed by atoms with Crippen molar-refractivity contribution in [3.05, 3.63) is 35.9 Å². The van der Waals surface area contributed by atoms with Crippen molar-refractivity contribution in [2.75, 3.05) is 6.54 Å². The van der Waals surface area contributed by atoms with Gasteiger partial charge in [-0.05, 0) is 37.8 Å². The maximum Gasteiger partial charge on any atom is 0.323 e. The fourth-order valence-corrected chi connectivity index (χ4v) is 2.36. The lowest BCUT2D eigenvalue weighted by molar-refractivity contribution is -0.145. The van der Waals surface area contributed by atoms with Gasteiger partial charge in [-0.15, -0.1) is 0 Å². The number of carboxylic acid groups (broad SMARTS) is 1. The molecule has 1 fully saturated rings. The van der Waals surface area contributed by atoms with E-state index in [0.29, 0.717) is 12.3 Å². The van der Waals surface area contributed by atoms with Gasteiger partial charge < -0.3 is 10.4 Å². The number of carboxylic acids is 1. The quantitative estimate of drug-likeness (QED) is 0.799. The van der Waals surface area contributed by atoms with E-state index in [-0.39, 0.29) is 0 Å². The molecule has 86 valence electrons. The van der Waals surface area contributed by atoms with E-state index in [1.807, 2.05) is 18.2 Å². The van der Waals surface area contributed by atoms with E-state index in [4.69, 9.17) is 0 Å². The third-order valence-corrected chi connectivity index (χ3v) is 3.41. The van der Waals surface area contributed by atoms with Crippen LogP contribution in [0.25, 0.3) is 0 Å². The third-order valence-electron chi connectivity index (χ3n) is 3.41. The van der Waals surface area contributed by atoms with Gasteiger partial charge in [0.05, 0.1) is 0 Å². The molecule has 0 aromatic heterocycles. The number of nitrogens with one attached hydrogen (secondary N) is 1. The predicted molar refractivity (Wildman–Crippen MR) is 62.5 cm³/mol. The topological polar surface area (TPSA) is 49.3 Å². The van der Waals surface area contributed by atoms with Crippen molar-refractivity contribution in [2.45, 2.75) is 31.2 Å². The largest absolute Gasteiger partial charge is 0.480 e. The molecular weight excluding hydrogens is 202 g/mol. The van der Waals surface area contributed by atoms with Crippen molar-refractivity contribution in [2.24, 2.45) is 0 Å². The molecule has 2 unspecified atom stereocenters. The van der Waals surface area contributed by atoms with Crippen LogP contribution in [0.15, 0.2) is 30.3 Å². The minimum absolute atomic E-state index is 0.351. The van der Waals surface area contributed by atoms with Crippen molar-refractivity contribution < 1.29 is 9.90 Å². The molecule has 1 aromatic rings. The second-order valence-electron chi connectivity index (χ2n) is 4.66. The van der Waals surface area contributed by atoms with Crippen LogP contribution in [0.1, 0.15) is 31.2 Å². The standard InChI is InChI=1S/C13H17NO2/c1-13(12(15)16)9-11(7-8-14-13)10-5-3-2-4-6-10/h2-6,11,14H,7-9H2,1H3,(H,15,16). The summed E-state index contributed by atoms with van der Waals surface area (Å²) in [7, 11) is 0. The lowest BCUT2D eigenvalue weighted by atomic mass is 9.79. The maximum atomic E-state index is 11.2. The highest BCUT2D eigenvalue weighted by atomic mass is 16.4. The molecule has 2 N–H and O–H groups in total. The summed E-state index contributed by atoms with van der Waals surface area (Å²) in [6.45, 7) is 2.53. The van der Waals surface area contributed by atoms with Gasteiger partial charge >= 0.3 is 5.97 Å². The Morgan fingerprint density at radius 2 is 2.12 bits per heavy atom. The molecule has 2 atom stereocenters. The average Bonchev–Trinajstić information content (AvgIpc) is 2.30. The molecule has 0 spiro atoms. The lowest BCUT2D eigenvalue weighted by Gasteiger charge is -2.36. The molecule has 1 saturated heterocycles. The Kier molecular flexibility index (Phi) is 2.97. The molecule has 3 nitrogen and oxygen atoms in total. The molecule has 3 heteroatoms. The molecule has 1 aliphatic rings. The van der Waals surface area contributed by atoms with E-state index in [0.717, 1.165) is 13.0 Å².